The average Bonchev–Trinajstić information content (AvgIpc) is 2.02. The average molecular weight is 169 g/mol. The van der Waals surface area contributed by atoms with Crippen molar-refractivity contribution in [2.24, 2.45) is 5.92 Å². The van der Waals surface area contributed by atoms with Gasteiger partial charge in [0.15, 0.2) is 0 Å². The van der Waals surface area contributed by atoms with Gasteiger partial charge in [0, 0.05) is 0 Å². The van der Waals surface area contributed by atoms with Gasteiger partial charge in [0.05, 0.1) is 18.6 Å². The lowest BCUT2D eigenvalue weighted by Gasteiger charge is -1.91. The van der Waals surface area contributed by atoms with Crippen molar-refractivity contribution in [3.05, 3.63) is 24.5 Å². The van der Waals surface area contributed by atoms with Gasteiger partial charge in [-0.05, 0) is 6.08 Å². The molecule has 0 aromatic rings. The van der Waals surface area contributed by atoms with Gasteiger partial charge in [-0.3, -0.25) is 9.59 Å². The maximum absolute atomic E-state index is 10.1. The molecule has 1 radical (unpaired) electrons. The van der Waals surface area contributed by atoms with Gasteiger partial charge in [0.25, 0.3) is 0 Å². The fourth-order valence-electron chi connectivity index (χ4n) is 0.551. The number of carbonyl (C=O) groups excluding carboxylic acids is 1. The molecule has 0 aromatic heterocycles. The minimum absolute atomic E-state index is 0.141. The van der Waals surface area contributed by atoms with Crippen LogP contribution in [-0.2, 0) is 9.59 Å². The van der Waals surface area contributed by atoms with Gasteiger partial charge in [0.1, 0.15) is 0 Å². The Labute approximate surface area is 69.8 Å². The molecule has 1 unspecified atom stereocenters. The molecule has 0 rings (SSSR count). The van der Waals surface area contributed by atoms with E-state index >= 15 is 0 Å². The van der Waals surface area contributed by atoms with E-state index in [1.807, 2.05) is 0 Å². The third-order valence-electron chi connectivity index (χ3n) is 1.07. The number of aliphatic hydroxyl groups is 1. The summed E-state index contributed by atoms with van der Waals surface area (Å²) in [6, 6.07) is 0. The quantitative estimate of drug-likeness (QED) is 0.471. The molecule has 0 spiro atoms. The monoisotopic (exact) mass is 169 g/mol. The van der Waals surface area contributed by atoms with Crippen LogP contribution < -0.4 is 0 Å². The van der Waals surface area contributed by atoms with Crippen molar-refractivity contribution in [3.8, 4) is 0 Å². The summed E-state index contributed by atoms with van der Waals surface area (Å²) in [7, 11) is 0. The zero-order chi connectivity index (χ0) is 9.40. The van der Waals surface area contributed by atoms with Gasteiger partial charge in [-0.1, -0.05) is 12.2 Å². The van der Waals surface area contributed by atoms with Crippen LogP contribution >= 0.6 is 0 Å². The van der Waals surface area contributed by atoms with Gasteiger partial charge in [0.2, 0.25) is 6.29 Å². The number of carbonyl (C=O) groups is 1. The molecule has 0 saturated carbocycles. The van der Waals surface area contributed by atoms with E-state index in [4.69, 9.17) is 10.2 Å². The molecule has 0 saturated heterocycles. The molecule has 0 fully saturated rings. The second kappa shape index (κ2) is 6.15. The van der Waals surface area contributed by atoms with Crippen LogP contribution in [0.3, 0.4) is 0 Å². The molecule has 4 heteroatoms. The Balaban J connectivity index is 3.92. The third kappa shape index (κ3) is 5.22. The maximum Gasteiger partial charge on any atom is 0.307 e. The van der Waals surface area contributed by atoms with Crippen LogP contribution in [0.5, 0.6) is 0 Å². The number of allylic oxidation sites excluding steroid dienone is 2. The Hall–Kier alpha value is -1.58. The van der Waals surface area contributed by atoms with Crippen LogP contribution in [0.1, 0.15) is 6.42 Å². The Bertz CT molecular complexity index is 205. The van der Waals surface area contributed by atoms with Crippen LogP contribution in [0.15, 0.2) is 24.5 Å². The topological polar surface area (TPSA) is 74.6 Å². The van der Waals surface area contributed by atoms with Crippen LogP contribution in [0.2, 0.25) is 0 Å². The first-order valence-corrected chi connectivity index (χ1v) is 3.27. The first-order valence-electron chi connectivity index (χ1n) is 3.27. The molecule has 0 aliphatic heterocycles. The highest BCUT2D eigenvalue weighted by atomic mass is 16.4. The molecule has 0 aliphatic rings. The fraction of sp³-hybridized carbons (Fsp3) is 0.250. The summed E-state index contributed by atoms with van der Waals surface area (Å²) in [6.07, 6.45) is 6.07. The van der Waals surface area contributed by atoms with Crippen LogP contribution in [0.25, 0.3) is 0 Å². The highest BCUT2D eigenvalue weighted by molar-refractivity contribution is 5.69. The summed E-state index contributed by atoms with van der Waals surface area (Å²) < 4.78 is 0. The Kier molecular flexibility index (Phi) is 5.34. The molecular formula is C8H9O4. The lowest BCUT2D eigenvalue weighted by Crippen LogP contribution is -1.94. The summed E-state index contributed by atoms with van der Waals surface area (Å²) in [5.74, 6) is -1.64. The van der Waals surface area contributed by atoms with Crippen molar-refractivity contribution in [2.45, 2.75) is 6.42 Å². The fourth-order valence-corrected chi connectivity index (χ4v) is 0.551. The van der Waals surface area contributed by atoms with Crippen LogP contribution in [-0.4, -0.2) is 22.5 Å². The van der Waals surface area contributed by atoms with Gasteiger partial charge >= 0.3 is 5.97 Å². The highest BCUT2D eigenvalue weighted by Crippen LogP contribution is 1.97. The normalized spacial score (nSPS) is 13.7. The van der Waals surface area contributed by atoms with Crippen LogP contribution in [0.4, 0.5) is 0 Å². The van der Waals surface area contributed by atoms with Gasteiger partial charge < -0.3 is 10.2 Å². The molecular weight excluding hydrogens is 160 g/mol. The number of aliphatic hydroxyl groups excluding tert-OH is 1. The van der Waals surface area contributed by atoms with Crippen molar-refractivity contribution in [3.63, 3.8) is 0 Å². The largest absolute Gasteiger partial charge is 0.516 e. The van der Waals surface area contributed by atoms with Crippen molar-refractivity contribution in [1.29, 1.82) is 0 Å². The van der Waals surface area contributed by atoms with Crippen molar-refractivity contribution < 1.29 is 19.8 Å². The standard InChI is InChI=1S/C8H9O4/c9-5-4-7(6-10)2-1-3-8(11)12/h1-2,4-5,7,9H,3H2,(H,11,12). The molecule has 4 nitrogen and oxygen atoms in total. The Morgan fingerprint density at radius 3 is 2.58 bits per heavy atom. The van der Waals surface area contributed by atoms with Gasteiger partial charge in [-0.25, -0.2) is 0 Å². The number of carboxylic acid groups (broad SMARTS) is 1. The summed E-state index contributed by atoms with van der Waals surface area (Å²) in [5, 5.41) is 16.5. The molecule has 2 N–H and O–H groups in total. The van der Waals surface area contributed by atoms with Crippen LogP contribution in [0, 0.1) is 5.92 Å². The lowest BCUT2D eigenvalue weighted by atomic mass is 10.1. The molecule has 0 bridgehead atoms. The predicted molar refractivity (Wildman–Crippen MR) is 42.3 cm³/mol. The maximum atomic E-state index is 10.1. The van der Waals surface area contributed by atoms with E-state index in [-0.39, 0.29) is 6.42 Å². The first kappa shape index (κ1) is 10.4. The van der Waals surface area contributed by atoms with E-state index in [1.54, 1.807) is 6.29 Å². The zero-order valence-corrected chi connectivity index (χ0v) is 6.30. The first-order chi connectivity index (χ1) is 5.70. The van der Waals surface area contributed by atoms with Crippen molar-refractivity contribution in [2.75, 3.05) is 0 Å². The summed E-state index contributed by atoms with van der Waals surface area (Å²) in [5.41, 5.74) is 0. The SMILES string of the molecule is O=[C]C(C=CO)C=CCC(=O)O. The lowest BCUT2D eigenvalue weighted by molar-refractivity contribution is -0.136. The minimum atomic E-state index is -0.969. The molecule has 0 aliphatic carbocycles. The summed E-state index contributed by atoms with van der Waals surface area (Å²) in [4.78, 5) is 20.1. The molecule has 0 aromatic carbocycles. The number of aliphatic carboxylic acids is 1. The molecule has 0 amide bonds. The van der Waals surface area contributed by atoms with E-state index in [1.165, 1.54) is 18.2 Å². The Morgan fingerprint density at radius 2 is 2.17 bits per heavy atom. The van der Waals surface area contributed by atoms with Crippen molar-refractivity contribution in [1.82, 2.24) is 0 Å². The minimum Gasteiger partial charge on any atom is -0.516 e. The van der Waals surface area contributed by atoms with Crippen molar-refractivity contribution >= 4 is 12.3 Å². The van der Waals surface area contributed by atoms with E-state index in [9.17, 15) is 9.59 Å². The number of carboxylic acids is 1. The smallest absolute Gasteiger partial charge is 0.307 e. The second-order valence-corrected chi connectivity index (χ2v) is 2.01. The molecule has 0 heterocycles. The van der Waals surface area contributed by atoms with E-state index in [2.05, 4.69) is 0 Å². The summed E-state index contributed by atoms with van der Waals surface area (Å²) >= 11 is 0. The Morgan fingerprint density at radius 1 is 1.50 bits per heavy atom. The van der Waals surface area contributed by atoms with E-state index < -0.39 is 11.9 Å². The zero-order valence-electron chi connectivity index (χ0n) is 6.30. The van der Waals surface area contributed by atoms with E-state index in [0.29, 0.717) is 0 Å². The molecule has 65 valence electrons. The van der Waals surface area contributed by atoms with Gasteiger partial charge in [-0.15, -0.1) is 0 Å². The van der Waals surface area contributed by atoms with Gasteiger partial charge in [-0.2, -0.15) is 0 Å². The number of hydrogen-bond donors (Lipinski definition) is 2. The number of hydrogen-bond acceptors (Lipinski definition) is 3. The molecule has 1 atom stereocenters. The third-order valence-corrected chi connectivity index (χ3v) is 1.07. The summed E-state index contributed by atoms with van der Waals surface area (Å²) in [6.45, 7) is 0. The molecule has 12 heavy (non-hydrogen) atoms. The van der Waals surface area contributed by atoms with E-state index in [0.717, 1.165) is 6.26 Å². The highest BCUT2D eigenvalue weighted by Gasteiger charge is 1.97. The predicted octanol–water partition coefficient (Wildman–Crippen LogP) is 0.815. The number of rotatable bonds is 5. The second-order valence-electron chi connectivity index (χ2n) is 2.01.